The zero-order valence-corrected chi connectivity index (χ0v) is 15.3. The number of amidine groups is 1. The molecule has 0 radical (unpaired) electrons. The van der Waals surface area contributed by atoms with Gasteiger partial charge in [-0.15, -0.1) is 0 Å². The van der Waals surface area contributed by atoms with Crippen molar-refractivity contribution in [3.63, 3.8) is 0 Å². The van der Waals surface area contributed by atoms with Crippen LogP contribution in [0.2, 0.25) is 0 Å². The van der Waals surface area contributed by atoms with Crippen molar-refractivity contribution in [3.05, 3.63) is 35.3 Å². The van der Waals surface area contributed by atoms with Gasteiger partial charge in [-0.25, -0.2) is 22.8 Å². The van der Waals surface area contributed by atoms with Crippen molar-refractivity contribution in [1.29, 1.82) is 5.26 Å². The maximum absolute atomic E-state index is 13.4. The number of amides is 1. The summed E-state index contributed by atoms with van der Waals surface area (Å²) in [6.07, 6.45) is -0.442. The first-order chi connectivity index (χ1) is 13.9. The zero-order chi connectivity index (χ0) is 21.0. The molecule has 1 aromatic carbocycles. The predicted octanol–water partition coefficient (Wildman–Crippen LogP) is 2.00. The van der Waals surface area contributed by atoms with Crippen LogP contribution in [0.15, 0.2) is 32.8 Å². The molecule has 1 aliphatic carbocycles. The summed E-state index contributed by atoms with van der Waals surface area (Å²) in [5.74, 6) is -5.54. The number of nitrogens with one attached hydrogen (secondary N) is 2. The first kappa shape index (κ1) is 20.6. The number of carbonyl (C=O) groups is 1. The summed E-state index contributed by atoms with van der Waals surface area (Å²) < 4.78 is 43.7. The van der Waals surface area contributed by atoms with Crippen molar-refractivity contribution in [2.75, 3.05) is 12.3 Å². The van der Waals surface area contributed by atoms with Gasteiger partial charge < -0.3 is 5.32 Å². The number of hydrogen-bond acceptors (Lipinski definition) is 8. The Kier molecular flexibility index (Phi) is 6.04. The molecule has 152 valence electrons. The average molecular weight is 426 g/mol. The molecule has 1 saturated carbocycles. The van der Waals surface area contributed by atoms with E-state index in [4.69, 9.17) is 5.26 Å². The minimum absolute atomic E-state index is 0.0281. The van der Waals surface area contributed by atoms with Crippen LogP contribution in [-0.2, 0) is 4.79 Å². The van der Waals surface area contributed by atoms with E-state index in [1.807, 2.05) is 5.48 Å². The molecular formula is C16H13F3N6O3S. The Labute approximate surface area is 165 Å². The van der Waals surface area contributed by atoms with Crippen LogP contribution in [0.1, 0.15) is 17.7 Å². The third kappa shape index (κ3) is 4.84. The Morgan fingerprint density at radius 3 is 2.90 bits per heavy atom. The third-order valence-corrected chi connectivity index (χ3v) is 4.83. The van der Waals surface area contributed by atoms with Gasteiger partial charge in [-0.05, 0) is 28.5 Å². The Bertz CT molecular complexity index is 991. The van der Waals surface area contributed by atoms with Crippen LogP contribution in [0, 0.1) is 23.1 Å². The largest absolute Gasteiger partial charge is 0.355 e. The number of hydroxylamine groups is 1. The molecule has 1 heterocycles. The number of aromatic nitrogens is 2. The molecule has 29 heavy (non-hydrogen) atoms. The van der Waals surface area contributed by atoms with Gasteiger partial charge in [-0.3, -0.25) is 15.5 Å². The molecule has 0 bridgehead atoms. The van der Waals surface area contributed by atoms with E-state index < -0.39 is 30.0 Å². The number of nitrogens with zero attached hydrogens (tertiary/aromatic N) is 4. The summed E-state index contributed by atoms with van der Waals surface area (Å²) in [5.41, 5.74) is 1.79. The molecule has 1 unspecified atom stereocenters. The van der Waals surface area contributed by atoms with E-state index in [0.717, 1.165) is 17.8 Å². The van der Waals surface area contributed by atoms with E-state index in [1.54, 1.807) is 6.07 Å². The van der Waals surface area contributed by atoms with E-state index >= 15 is 0 Å². The van der Waals surface area contributed by atoms with Crippen molar-refractivity contribution >= 4 is 29.2 Å². The van der Waals surface area contributed by atoms with Gasteiger partial charge in [0.1, 0.15) is 17.8 Å². The standard InChI is InChI=1S/C16H13F3N6O3S/c17-11-2-1-9(5-8(11)7-20)22-13(23-27)12-15(25-28-24-12)29-4-3-21-14(26)10-6-16(10,18)19/h1-2,5,10,27H,3-4,6H2,(H,21,26)(H,22,23). The first-order valence-electron chi connectivity index (χ1n) is 8.15. The van der Waals surface area contributed by atoms with Gasteiger partial charge in [-0.2, -0.15) is 5.26 Å². The maximum Gasteiger partial charge on any atom is 0.260 e. The zero-order valence-electron chi connectivity index (χ0n) is 14.5. The molecule has 1 amide bonds. The number of halogens is 3. The highest BCUT2D eigenvalue weighted by atomic mass is 32.2. The minimum atomic E-state index is -2.93. The highest BCUT2D eigenvalue weighted by molar-refractivity contribution is 7.99. The van der Waals surface area contributed by atoms with Gasteiger partial charge in [-0.1, -0.05) is 11.8 Å². The van der Waals surface area contributed by atoms with Crippen LogP contribution < -0.4 is 10.8 Å². The van der Waals surface area contributed by atoms with E-state index in [9.17, 15) is 23.2 Å². The molecule has 1 atom stereocenters. The van der Waals surface area contributed by atoms with Crippen molar-refractivity contribution < 1.29 is 27.8 Å². The lowest BCUT2D eigenvalue weighted by Gasteiger charge is -2.05. The van der Waals surface area contributed by atoms with Gasteiger partial charge in [0.05, 0.1) is 11.3 Å². The summed E-state index contributed by atoms with van der Waals surface area (Å²) in [6, 6.07) is 5.19. The van der Waals surface area contributed by atoms with Crippen molar-refractivity contribution in [2.45, 2.75) is 17.4 Å². The van der Waals surface area contributed by atoms with Gasteiger partial charge in [0.2, 0.25) is 5.91 Å². The highest BCUT2D eigenvalue weighted by Crippen LogP contribution is 2.48. The molecule has 3 N–H and O–H groups in total. The number of nitriles is 1. The molecule has 1 aliphatic rings. The summed E-state index contributed by atoms with van der Waals surface area (Å²) in [4.78, 5) is 15.6. The number of hydrogen-bond donors (Lipinski definition) is 3. The van der Waals surface area contributed by atoms with Crippen LogP contribution in [0.4, 0.5) is 18.9 Å². The minimum Gasteiger partial charge on any atom is -0.355 e. The monoisotopic (exact) mass is 426 g/mol. The quantitative estimate of drug-likeness (QED) is 0.201. The molecule has 1 aromatic heterocycles. The number of thioether (sulfide) groups is 1. The van der Waals surface area contributed by atoms with Crippen molar-refractivity contribution in [3.8, 4) is 6.07 Å². The second-order valence-electron chi connectivity index (χ2n) is 5.92. The molecule has 1 fully saturated rings. The number of aliphatic imine (C=N–C) groups is 1. The predicted molar refractivity (Wildman–Crippen MR) is 93.3 cm³/mol. The van der Waals surface area contributed by atoms with Crippen LogP contribution in [0.25, 0.3) is 0 Å². The van der Waals surface area contributed by atoms with Crippen molar-refractivity contribution in [2.24, 2.45) is 10.9 Å². The summed E-state index contributed by atoms with van der Waals surface area (Å²) in [5, 5.41) is 28.1. The number of carbonyl (C=O) groups excluding carboxylic acids is 1. The Hall–Kier alpha value is -3.11. The fourth-order valence-electron chi connectivity index (χ4n) is 2.29. The lowest BCUT2D eigenvalue weighted by atomic mass is 10.2. The summed E-state index contributed by atoms with van der Waals surface area (Å²) in [7, 11) is 0. The molecule has 0 aliphatic heterocycles. The van der Waals surface area contributed by atoms with Gasteiger partial charge in [0, 0.05) is 18.7 Å². The number of alkyl halides is 2. The molecule has 13 heteroatoms. The molecule has 0 saturated heterocycles. The fraction of sp³-hybridized carbons (Fsp3) is 0.312. The molecule has 0 spiro atoms. The molecular weight excluding hydrogens is 413 g/mol. The second kappa shape index (κ2) is 8.50. The topological polar surface area (TPSA) is 136 Å². The van der Waals surface area contributed by atoms with E-state index in [2.05, 4.69) is 25.3 Å². The van der Waals surface area contributed by atoms with E-state index in [-0.39, 0.29) is 40.1 Å². The third-order valence-electron chi connectivity index (χ3n) is 3.88. The maximum atomic E-state index is 13.4. The smallest absolute Gasteiger partial charge is 0.260 e. The van der Waals surface area contributed by atoms with Gasteiger partial charge in [0.25, 0.3) is 5.92 Å². The molecule has 3 rings (SSSR count). The van der Waals surface area contributed by atoms with Gasteiger partial charge >= 0.3 is 0 Å². The summed E-state index contributed by atoms with van der Waals surface area (Å²) >= 11 is 1.08. The normalized spacial score (nSPS) is 17.5. The van der Waals surface area contributed by atoms with E-state index in [1.165, 1.54) is 12.1 Å². The number of benzene rings is 1. The van der Waals surface area contributed by atoms with E-state index in [0.29, 0.717) is 0 Å². The second-order valence-corrected chi connectivity index (χ2v) is 7.01. The highest BCUT2D eigenvalue weighted by Gasteiger charge is 2.61. The van der Waals surface area contributed by atoms with Crippen LogP contribution in [0.3, 0.4) is 0 Å². The van der Waals surface area contributed by atoms with Crippen LogP contribution in [0.5, 0.6) is 0 Å². The van der Waals surface area contributed by atoms with Crippen LogP contribution >= 0.6 is 11.8 Å². The Balaban J connectivity index is 1.63. The fourth-order valence-corrected chi connectivity index (χ4v) is 3.05. The number of rotatable bonds is 7. The SMILES string of the molecule is N#Cc1cc(N=C(NO)c2nonc2SCCNC(=O)C2CC2(F)F)ccc1F. The summed E-state index contributed by atoms with van der Waals surface area (Å²) in [6.45, 7) is 0.102. The lowest BCUT2D eigenvalue weighted by molar-refractivity contribution is -0.124. The average Bonchev–Trinajstić information content (AvgIpc) is 3.11. The van der Waals surface area contributed by atoms with Crippen LogP contribution in [-0.4, -0.2) is 45.5 Å². The van der Waals surface area contributed by atoms with Crippen molar-refractivity contribution in [1.82, 2.24) is 21.1 Å². The molecule has 9 nitrogen and oxygen atoms in total. The van der Waals surface area contributed by atoms with Gasteiger partial charge in [0.15, 0.2) is 16.6 Å². The Morgan fingerprint density at radius 2 is 2.24 bits per heavy atom. The lowest BCUT2D eigenvalue weighted by Crippen LogP contribution is -2.29. The first-order valence-corrected chi connectivity index (χ1v) is 9.14. The Morgan fingerprint density at radius 1 is 1.48 bits per heavy atom. The molecule has 2 aromatic rings.